The number of rotatable bonds is 1. The van der Waals surface area contributed by atoms with Gasteiger partial charge in [-0.2, -0.15) is 0 Å². The van der Waals surface area contributed by atoms with Crippen LogP contribution in [0.15, 0.2) is 30.5 Å². The summed E-state index contributed by atoms with van der Waals surface area (Å²) in [5, 5.41) is 9.37. The van der Waals surface area contributed by atoms with Crippen molar-refractivity contribution in [3.63, 3.8) is 0 Å². The third-order valence-electron chi connectivity index (χ3n) is 2.74. The minimum atomic E-state index is 0.354. The molecule has 1 aliphatic heterocycles. The average molecular weight is 189 g/mol. The predicted octanol–water partition coefficient (Wildman–Crippen LogP) is 2.28. The Kier molecular flexibility index (Phi) is 2.20. The molecule has 14 heavy (non-hydrogen) atoms. The van der Waals surface area contributed by atoms with Gasteiger partial charge < -0.3 is 10.0 Å². The van der Waals surface area contributed by atoms with Gasteiger partial charge in [-0.05, 0) is 36.6 Å². The Morgan fingerprint density at radius 1 is 1.43 bits per heavy atom. The first-order chi connectivity index (χ1) is 6.66. The normalized spacial score (nSPS) is 15.1. The Hall–Kier alpha value is -1.44. The lowest BCUT2D eigenvalue weighted by atomic mass is 9.99. The van der Waals surface area contributed by atoms with Crippen LogP contribution in [-0.2, 0) is 13.0 Å². The van der Waals surface area contributed by atoms with Crippen LogP contribution in [-0.4, -0.2) is 16.6 Å². The third kappa shape index (κ3) is 1.60. The molecule has 1 aromatic carbocycles. The Labute approximate surface area is 84.5 Å². The molecule has 0 aromatic heterocycles. The molecule has 0 amide bonds. The topological polar surface area (TPSA) is 23.5 Å². The van der Waals surface area contributed by atoms with Gasteiger partial charge in [0.15, 0.2) is 0 Å². The second-order valence-electron chi connectivity index (χ2n) is 3.86. The highest BCUT2D eigenvalue weighted by Crippen LogP contribution is 2.24. The lowest BCUT2D eigenvalue weighted by Crippen LogP contribution is -2.28. The number of fused-ring (bicyclic) bond motifs is 1. The molecular formula is C12H15NO. The van der Waals surface area contributed by atoms with Gasteiger partial charge in [-0.15, -0.1) is 0 Å². The van der Waals surface area contributed by atoms with E-state index in [2.05, 4.69) is 11.5 Å². The quantitative estimate of drug-likeness (QED) is 0.732. The SMILES string of the molecule is C=C(C)N1CCc2ccc(O)cc2C1. The van der Waals surface area contributed by atoms with Crippen LogP contribution < -0.4 is 0 Å². The van der Waals surface area contributed by atoms with Crippen LogP contribution in [0.4, 0.5) is 0 Å². The Balaban J connectivity index is 2.29. The molecule has 0 fully saturated rings. The molecule has 0 atom stereocenters. The summed E-state index contributed by atoms with van der Waals surface area (Å²) in [6.45, 7) is 7.87. The molecule has 1 aromatic rings. The summed E-state index contributed by atoms with van der Waals surface area (Å²) in [5.74, 6) is 0.354. The van der Waals surface area contributed by atoms with Gasteiger partial charge in [-0.3, -0.25) is 0 Å². The van der Waals surface area contributed by atoms with Crippen molar-refractivity contribution in [2.24, 2.45) is 0 Å². The molecule has 0 unspecified atom stereocenters. The molecule has 0 spiro atoms. The fourth-order valence-electron chi connectivity index (χ4n) is 1.87. The van der Waals surface area contributed by atoms with Crippen LogP contribution in [0.1, 0.15) is 18.1 Å². The Bertz CT molecular complexity index is 371. The molecule has 0 saturated carbocycles. The molecule has 1 heterocycles. The Morgan fingerprint density at radius 2 is 2.21 bits per heavy atom. The van der Waals surface area contributed by atoms with Crippen molar-refractivity contribution in [1.82, 2.24) is 4.90 Å². The molecular weight excluding hydrogens is 174 g/mol. The lowest BCUT2D eigenvalue weighted by Gasteiger charge is -2.30. The predicted molar refractivity (Wildman–Crippen MR) is 57.0 cm³/mol. The number of nitrogens with zero attached hydrogens (tertiary/aromatic N) is 1. The van der Waals surface area contributed by atoms with E-state index in [1.807, 2.05) is 19.1 Å². The first-order valence-electron chi connectivity index (χ1n) is 4.88. The maximum atomic E-state index is 9.37. The third-order valence-corrected chi connectivity index (χ3v) is 2.74. The van der Waals surface area contributed by atoms with E-state index < -0.39 is 0 Å². The lowest BCUT2D eigenvalue weighted by molar-refractivity contribution is 0.323. The minimum absolute atomic E-state index is 0.354. The van der Waals surface area contributed by atoms with Crippen LogP contribution in [0.25, 0.3) is 0 Å². The van der Waals surface area contributed by atoms with Crippen LogP contribution >= 0.6 is 0 Å². The van der Waals surface area contributed by atoms with Gasteiger partial charge in [-0.1, -0.05) is 12.6 Å². The van der Waals surface area contributed by atoms with Gasteiger partial charge >= 0.3 is 0 Å². The zero-order chi connectivity index (χ0) is 10.1. The maximum absolute atomic E-state index is 9.37. The number of hydrogen-bond donors (Lipinski definition) is 1. The van der Waals surface area contributed by atoms with Gasteiger partial charge in [0.1, 0.15) is 5.75 Å². The van der Waals surface area contributed by atoms with E-state index in [1.165, 1.54) is 11.1 Å². The van der Waals surface area contributed by atoms with Crippen molar-refractivity contribution in [2.75, 3.05) is 6.54 Å². The summed E-state index contributed by atoms with van der Waals surface area (Å²) in [6.07, 6.45) is 1.04. The highest BCUT2D eigenvalue weighted by molar-refractivity contribution is 5.36. The van der Waals surface area contributed by atoms with E-state index in [-0.39, 0.29) is 0 Å². The Morgan fingerprint density at radius 3 is 2.93 bits per heavy atom. The van der Waals surface area contributed by atoms with Crippen molar-refractivity contribution < 1.29 is 5.11 Å². The first kappa shape index (κ1) is 9.13. The summed E-state index contributed by atoms with van der Waals surface area (Å²) in [4.78, 5) is 2.24. The molecule has 2 heteroatoms. The van der Waals surface area contributed by atoms with Crippen LogP contribution in [0.3, 0.4) is 0 Å². The van der Waals surface area contributed by atoms with E-state index in [0.717, 1.165) is 25.2 Å². The average Bonchev–Trinajstić information content (AvgIpc) is 2.16. The van der Waals surface area contributed by atoms with Gasteiger partial charge in [0.05, 0.1) is 0 Å². The number of aromatic hydroxyl groups is 1. The van der Waals surface area contributed by atoms with Crippen LogP contribution in [0.5, 0.6) is 5.75 Å². The molecule has 0 aliphatic carbocycles. The van der Waals surface area contributed by atoms with Crippen LogP contribution in [0, 0.1) is 0 Å². The standard InChI is InChI=1S/C12H15NO/c1-9(2)13-6-5-10-3-4-12(14)7-11(10)8-13/h3-4,7,14H,1,5-6,8H2,2H3. The van der Waals surface area contributed by atoms with Gasteiger partial charge in [0, 0.05) is 18.8 Å². The summed E-state index contributed by atoms with van der Waals surface area (Å²) < 4.78 is 0. The van der Waals surface area contributed by atoms with Gasteiger partial charge in [0.2, 0.25) is 0 Å². The molecule has 1 N–H and O–H groups in total. The number of phenols is 1. The van der Waals surface area contributed by atoms with Crippen LogP contribution in [0.2, 0.25) is 0 Å². The number of allylic oxidation sites excluding steroid dienone is 1. The van der Waals surface area contributed by atoms with E-state index in [9.17, 15) is 5.11 Å². The molecule has 74 valence electrons. The monoisotopic (exact) mass is 189 g/mol. The zero-order valence-electron chi connectivity index (χ0n) is 8.45. The zero-order valence-corrected chi connectivity index (χ0v) is 8.45. The molecule has 0 bridgehead atoms. The summed E-state index contributed by atoms with van der Waals surface area (Å²) in [5.41, 5.74) is 3.67. The van der Waals surface area contributed by atoms with Crippen molar-refractivity contribution >= 4 is 0 Å². The number of phenolic OH excluding ortho intramolecular Hbond substituents is 1. The minimum Gasteiger partial charge on any atom is -0.508 e. The van der Waals surface area contributed by atoms with E-state index >= 15 is 0 Å². The second-order valence-corrected chi connectivity index (χ2v) is 3.86. The van der Waals surface area contributed by atoms with E-state index in [0.29, 0.717) is 5.75 Å². The summed E-state index contributed by atoms with van der Waals surface area (Å²) in [7, 11) is 0. The smallest absolute Gasteiger partial charge is 0.115 e. The fourth-order valence-corrected chi connectivity index (χ4v) is 1.87. The summed E-state index contributed by atoms with van der Waals surface area (Å²) in [6, 6.07) is 5.63. The molecule has 1 aliphatic rings. The van der Waals surface area contributed by atoms with E-state index in [1.54, 1.807) is 6.07 Å². The van der Waals surface area contributed by atoms with Crippen molar-refractivity contribution in [1.29, 1.82) is 0 Å². The molecule has 0 saturated heterocycles. The molecule has 0 radical (unpaired) electrons. The fraction of sp³-hybridized carbons (Fsp3) is 0.333. The van der Waals surface area contributed by atoms with Crippen molar-refractivity contribution in [2.45, 2.75) is 19.9 Å². The number of hydrogen-bond acceptors (Lipinski definition) is 2. The van der Waals surface area contributed by atoms with Gasteiger partial charge in [-0.25, -0.2) is 0 Å². The second kappa shape index (κ2) is 3.37. The highest BCUT2D eigenvalue weighted by atomic mass is 16.3. The highest BCUT2D eigenvalue weighted by Gasteiger charge is 2.15. The van der Waals surface area contributed by atoms with E-state index in [4.69, 9.17) is 0 Å². The molecule has 2 rings (SSSR count). The largest absolute Gasteiger partial charge is 0.508 e. The first-order valence-corrected chi connectivity index (χ1v) is 4.88. The molecule has 2 nitrogen and oxygen atoms in total. The summed E-state index contributed by atoms with van der Waals surface area (Å²) >= 11 is 0. The van der Waals surface area contributed by atoms with Gasteiger partial charge in [0.25, 0.3) is 0 Å². The maximum Gasteiger partial charge on any atom is 0.115 e. The van der Waals surface area contributed by atoms with Crippen molar-refractivity contribution in [3.05, 3.63) is 41.6 Å². The number of benzene rings is 1. The van der Waals surface area contributed by atoms with Crippen molar-refractivity contribution in [3.8, 4) is 5.75 Å².